The Bertz CT molecular complexity index is 1670. The van der Waals surface area contributed by atoms with Crippen molar-refractivity contribution in [3.8, 4) is 11.7 Å². The first-order valence-corrected chi connectivity index (χ1v) is 11.9. The van der Waals surface area contributed by atoms with Gasteiger partial charge in [-0.1, -0.05) is 18.2 Å². The van der Waals surface area contributed by atoms with Crippen molar-refractivity contribution in [3.05, 3.63) is 106 Å². The van der Waals surface area contributed by atoms with E-state index in [1.54, 1.807) is 24.5 Å². The van der Waals surface area contributed by atoms with Crippen LogP contribution in [0.3, 0.4) is 0 Å². The van der Waals surface area contributed by atoms with Crippen molar-refractivity contribution in [1.29, 1.82) is 0 Å². The van der Waals surface area contributed by atoms with Crippen molar-refractivity contribution in [2.45, 2.75) is 25.7 Å². The average Bonchev–Trinajstić information content (AvgIpc) is 3.36. The van der Waals surface area contributed by atoms with Crippen LogP contribution in [0.4, 0.5) is 19.1 Å². The first-order valence-electron chi connectivity index (χ1n) is 11.9. The Hall–Kier alpha value is -4.67. The third-order valence-electron chi connectivity index (χ3n) is 6.43. The standard InChI is InChI=1S/C27H21F3N6O2/c28-27(29,30)18-6-7-22-23(14-18)33-25(32-22)35-13-10-21-20(15-35)24(37)36(19-4-2-1-3-5-19)26(34-21)38-16-17-8-11-31-12-9-17/h1-9,11-12,14H,10,13,15-16H2,(H,32,33). The van der Waals surface area contributed by atoms with Crippen LogP contribution in [0.15, 0.2) is 77.9 Å². The minimum atomic E-state index is -4.45. The molecule has 4 heterocycles. The lowest BCUT2D eigenvalue weighted by Crippen LogP contribution is -2.38. The second-order valence-electron chi connectivity index (χ2n) is 8.90. The zero-order chi connectivity index (χ0) is 26.3. The maximum atomic E-state index is 13.8. The molecule has 0 aliphatic carbocycles. The number of aromatic amines is 1. The summed E-state index contributed by atoms with van der Waals surface area (Å²) in [6.07, 6.45) is -0.675. The van der Waals surface area contributed by atoms with Crippen molar-refractivity contribution in [3.63, 3.8) is 0 Å². The van der Waals surface area contributed by atoms with Crippen LogP contribution in [-0.4, -0.2) is 31.0 Å². The van der Waals surface area contributed by atoms with E-state index in [2.05, 4.69) is 15.0 Å². The zero-order valence-corrected chi connectivity index (χ0v) is 19.9. The van der Waals surface area contributed by atoms with E-state index in [0.29, 0.717) is 41.4 Å². The number of para-hydroxylation sites is 1. The normalized spacial score (nSPS) is 13.5. The molecule has 6 rings (SSSR count). The number of fused-ring (bicyclic) bond motifs is 2. The Balaban J connectivity index is 1.36. The highest BCUT2D eigenvalue weighted by Crippen LogP contribution is 2.32. The van der Waals surface area contributed by atoms with E-state index >= 15 is 0 Å². The lowest BCUT2D eigenvalue weighted by molar-refractivity contribution is -0.137. The Labute approximate surface area is 214 Å². The van der Waals surface area contributed by atoms with E-state index < -0.39 is 11.7 Å². The number of pyridine rings is 1. The van der Waals surface area contributed by atoms with Gasteiger partial charge in [0.1, 0.15) is 6.61 Å². The molecule has 192 valence electrons. The maximum Gasteiger partial charge on any atom is 0.416 e. The highest BCUT2D eigenvalue weighted by Gasteiger charge is 2.31. The topological polar surface area (TPSA) is 88.9 Å². The minimum absolute atomic E-state index is 0.189. The number of nitrogens with zero attached hydrogens (tertiary/aromatic N) is 5. The van der Waals surface area contributed by atoms with Gasteiger partial charge >= 0.3 is 12.2 Å². The van der Waals surface area contributed by atoms with Crippen LogP contribution in [0.2, 0.25) is 0 Å². The Kier molecular flexibility index (Phi) is 5.82. The van der Waals surface area contributed by atoms with Gasteiger partial charge in [-0.2, -0.15) is 13.2 Å². The molecule has 5 aromatic rings. The van der Waals surface area contributed by atoms with Gasteiger partial charge < -0.3 is 14.6 Å². The second-order valence-corrected chi connectivity index (χ2v) is 8.90. The van der Waals surface area contributed by atoms with E-state index in [0.717, 1.165) is 17.7 Å². The number of rotatable bonds is 5. The van der Waals surface area contributed by atoms with Gasteiger partial charge in [-0.3, -0.25) is 9.78 Å². The molecule has 0 radical (unpaired) electrons. The van der Waals surface area contributed by atoms with Gasteiger partial charge in [0.25, 0.3) is 5.56 Å². The third-order valence-corrected chi connectivity index (χ3v) is 6.43. The molecule has 0 saturated carbocycles. The van der Waals surface area contributed by atoms with Crippen molar-refractivity contribution in [2.24, 2.45) is 0 Å². The fourth-order valence-electron chi connectivity index (χ4n) is 4.49. The average molecular weight is 518 g/mol. The van der Waals surface area contributed by atoms with E-state index in [1.165, 1.54) is 10.6 Å². The van der Waals surface area contributed by atoms with Crippen LogP contribution < -0.4 is 15.2 Å². The highest BCUT2D eigenvalue weighted by molar-refractivity contribution is 5.78. The molecule has 38 heavy (non-hydrogen) atoms. The largest absolute Gasteiger partial charge is 0.459 e. The fraction of sp³-hybridized carbons (Fsp3) is 0.185. The molecule has 1 aliphatic heterocycles. The number of H-pyrrole nitrogens is 1. The van der Waals surface area contributed by atoms with Crippen LogP contribution in [0.1, 0.15) is 22.4 Å². The molecule has 0 atom stereocenters. The number of aromatic nitrogens is 5. The monoisotopic (exact) mass is 518 g/mol. The molecule has 1 aliphatic rings. The van der Waals surface area contributed by atoms with Crippen molar-refractivity contribution in [2.75, 3.05) is 11.4 Å². The fourth-order valence-corrected chi connectivity index (χ4v) is 4.49. The predicted octanol–water partition coefficient (Wildman–Crippen LogP) is 4.66. The number of benzene rings is 2. The van der Waals surface area contributed by atoms with Gasteiger partial charge in [-0.15, -0.1) is 0 Å². The molecule has 0 unspecified atom stereocenters. The quantitative estimate of drug-likeness (QED) is 0.364. The van der Waals surface area contributed by atoms with Crippen LogP contribution >= 0.6 is 0 Å². The SMILES string of the molecule is O=c1c2c(nc(OCc3ccncc3)n1-c1ccccc1)CCN(c1nc3ccc(C(F)(F)F)cc3[nH]1)C2. The zero-order valence-electron chi connectivity index (χ0n) is 19.9. The predicted molar refractivity (Wildman–Crippen MR) is 134 cm³/mol. The lowest BCUT2D eigenvalue weighted by atomic mass is 10.1. The number of hydrogen-bond acceptors (Lipinski definition) is 6. The van der Waals surface area contributed by atoms with Gasteiger partial charge in [0, 0.05) is 25.4 Å². The summed E-state index contributed by atoms with van der Waals surface area (Å²) in [5.41, 5.74) is 2.27. The van der Waals surface area contributed by atoms with Gasteiger partial charge in [0.05, 0.1) is 40.1 Å². The smallest absolute Gasteiger partial charge is 0.416 e. The van der Waals surface area contributed by atoms with Gasteiger partial charge in [0.15, 0.2) is 0 Å². The van der Waals surface area contributed by atoms with E-state index in [1.807, 2.05) is 35.2 Å². The number of ether oxygens (including phenoxy) is 1. The third kappa shape index (κ3) is 4.47. The summed E-state index contributed by atoms with van der Waals surface area (Å²) in [5, 5.41) is 0. The van der Waals surface area contributed by atoms with E-state index in [4.69, 9.17) is 9.72 Å². The van der Waals surface area contributed by atoms with Crippen LogP contribution in [0.25, 0.3) is 16.7 Å². The van der Waals surface area contributed by atoms with Crippen LogP contribution in [0.5, 0.6) is 6.01 Å². The maximum absolute atomic E-state index is 13.8. The highest BCUT2D eigenvalue weighted by atomic mass is 19.4. The van der Waals surface area contributed by atoms with E-state index in [-0.39, 0.29) is 30.2 Å². The first-order chi connectivity index (χ1) is 18.4. The molecule has 2 aromatic carbocycles. The Morgan fingerprint density at radius 3 is 2.55 bits per heavy atom. The molecule has 0 amide bonds. The number of hydrogen-bond donors (Lipinski definition) is 1. The molecule has 8 nitrogen and oxygen atoms in total. The van der Waals surface area contributed by atoms with Crippen molar-refractivity contribution in [1.82, 2.24) is 24.5 Å². The summed E-state index contributed by atoms with van der Waals surface area (Å²) in [6.45, 7) is 0.890. The van der Waals surface area contributed by atoms with E-state index in [9.17, 15) is 18.0 Å². The number of anilines is 1. The lowest BCUT2D eigenvalue weighted by Gasteiger charge is -2.28. The molecule has 0 spiro atoms. The number of halogens is 3. The molecule has 0 fully saturated rings. The molecule has 0 bridgehead atoms. The number of nitrogens with one attached hydrogen (secondary N) is 1. The number of imidazole rings is 1. The molecule has 11 heteroatoms. The summed E-state index contributed by atoms with van der Waals surface area (Å²) in [6, 6.07) is 16.3. The van der Waals surface area contributed by atoms with Crippen molar-refractivity contribution < 1.29 is 17.9 Å². The van der Waals surface area contributed by atoms with Gasteiger partial charge in [-0.05, 0) is 48.0 Å². The summed E-state index contributed by atoms with van der Waals surface area (Å²) in [7, 11) is 0. The summed E-state index contributed by atoms with van der Waals surface area (Å²) in [4.78, 5) is 31.8. The van der Waals surface area contributed by atoms with Crippen LogP contribution in [-0.2, 0) is 25.7 Å². The number of alkyl halides is 3. The summed E-state index contributed by atoms with van der Waals surface area (Å²) < 4.78 is 46.9. The minimum Gasteiger partial charge on any atom is -0.459 e. The molecular formula is C27H21F3N6O2. The van der Waals surface area contributed by atoms with Crippen LogP contribution in [0, 0.1) is 0 Å². The molecule has 3 aromatic heterocycles. The summed E-state index contributed by atoms with van der Waals surface area (Å²) in [5.74, 6) is 0.397. The molecule has 1 N–H and O–H groups in total. The summed E-state index contributed by atoms with van der Waals surface area (Å²) >= 11 is 0. The Morgan fingerprint density at radius 2 is 1.79 bits per heavy atom. The molecule has 0 saturated heterocycles. The van der Waals surface area contributed by atoms with Gasteiger partial charge in [-0.25, -0.2) is 14.5 Å². The van der Waals surface area contributed by atoms with Gasteiger partial charge in [0.2, 0.25) is 5.95 Å². The van der Waals surface area contributed by atoms with Crippen molar-refractivity contribution >= 4 is 17.0 Å². The first kappa shape index (κ1) is 23.7. The Morgan fingerprint density at radius 1 is 1.00 bits per heavy atom. The molecular weight excluding hydrogens is 497 g/mol. The second kappa shape index (κ2) is 9.33.